The number of amides is 1. The molecule has 1 amide bonds. The van der Waals surface area contributed by atoms with Gasteiger partial charge in [0.15, 0.2) is 0 Å². The molecular formula is C14H23NO. The number of carbonyl (C=O) groups excluding carboxylic acids is 1. The largest absolute Gasteiger partial charge is 0.352 e. The third-order valence-corrected chi connectivity index (χ3v) is 2.41. The van der Waals surface area contributed by atoms with Crippen LogP contribution in [-0.4, -0.2) is 12.5 Å². The molecular weight excluding hydrogens is 198 g/mol. The van der Waals surface area contributed by atoms with E-state index in [1.54, 1.807) is 0 Å². The van der Waals surface area contributed by atoms with Crippen LogP contribution in [0.3, 0.4) is 0 Å². The van der Waals surface area contributed by atoms with Gasteiger partial charge in [0.25, 0.3) is 0 Å². The predicted molar refractivity (Wildman–Crippen MR) is 70.2 cm³/mol. The minimum atomic E-state index is 0.0913. The normalized spacial score (nSPS) is 14.6. The maximum Gasteiger partial charge on any atom is 0.223 e. The van der Waals surface area contributed by atoms with Crippen molar-refractivity contribution in [3.8, 4) is 0 Å². The lowest BCUT2D eigenvalue weighted by Crippen LogP contribution is -2.30. The molecule has 1 N–H and O–H groups in total. The second kappa shape index (κ2) is 8.96. The quantitative estimate of drug-likeness (QED) is 0.685. The van der Waals surface area contributed by atoms with Gasteiger partial charge in [0.05, 0.1) is 0 Å². The molecule has 90 valence electrons. The maximum atomic E-state index is 11.6. The summed E-state index contributed by atoms with van der Waals surface area (Å²) in [7, 11) is 0. The fourth-order valence-electron chi connectivity index (χ4n) is 1.16. The van der Waals surface area contributed by atoms with Crippen LogP contribution in [0.25, 0.3) is 0 Å². The predicted octanol–water partition coefficient (Wildman–Crippen LogP) is 3.23. The van der Waals surface area contributed by atoms with E-state index in [-0.39, 0.29) is 11.8 Å². The SMILES string of the molecule is C\C=C/C=C(\C=C/C)CNC(=O)C(C)CC. The van der Waals surface area contributed by atoms with E-state index in [4.69, 9.17) is 0 Å². The second-order valence-electron chi connectivity index (χ2n) is 3.79. The molecule has 0 aliphatic carbocycles. The van der Waals surface area contributed by atoms with E-state index in [9.17, 15) is 4.79 Å². The maximum absolute atomic E-state index is 11.6. The highest BCUT2D eigenvalue weighted by molar-refractivity contribution is 5.78. The molecule has 0 bridgehead atoms. The smallest absolute Gasteiger partial charge is 0.223 e. The van der Waals surface area contributed by atoms with Crippen LogP contribution in [0.15, 0.2) is 36.0 Å². The standard InChI is InChI=1S/C14H23NO/c1-5-8-10-13(9-6-2)11-15-14(16)12(4)7-3/h5-6,8-10,12H,7,11H2,1-4H3,(H,15,16)/b8-5-,9-6-,13-10+. The first-order chi connectivity index (χ1) is 7.65. The fourth-order valence-corrected chi connectivity index (χ4v) is 1.16. The highest BCUT2D eigenvalue weighted by Gasteiger charge is 2.09. The highest BCUT2D eigenvalue weighted by Crippen LogP contribution is 2.01. The van der Waals surface area contributed by atoms with Crippen molar-refractivity contribution in [3.63, 3.8) is 0 Å². The zero-order valence-electron chi connectivity index (χ0n) is 10.8. The van der Waals surface area contributed by atoms with Gasteiger partial charge >= 0.3 is 0 Å². The Hall–Kier alpha value is -1.31. The Morgan fingerprint density at radius 3 is 2.50 bits per heavy atom. The average Bonchev–Trinajstić information content (AvgIpc) is 2.31. The van der Waals surface area contributed by atoms with Gasteiger partial charge in [0, 0.05) is 12.5 Å². The van der Waals surface area contributed by atoms with Gasteiger partial charge in [-0.15, -0.1) is 0 Å². The van der Waals surface area contributed by atoms with E-state index in [1.165, 1.54) is 0 Å². The summed E-state index contributed by atoms with van der Waals surface area (Å²) in [6.45, 7) is 8.51. The van der Waals surface area contributed by atoms with E-state index in [1.807, 2.05) is 58.1 Å². The lowest BCUT2D eigenvalue weighted by Gasteiger charge is -2.10. The summed E-state index contributed by atoms with van der Waals surface area (Å²) in [5.74, 6) is 0.215. The average molecular weight is 221 g/mol. The molecule has 2 heteroatoms. The van der Waals surface area contributed by atoms with Gasteiger partial charge in [0.1, 0.15) is 0 Å². The van der Waals surface area contributed by atoms with E-state index < -0.39 is 0 Å². The molecule has 2 nitrogen and oxygen atoms in total. The second-order valence-corrected chi connectivity index (χ2v) is 3.79. The van der Waals surface area contributed by atoms with Crippen molar-refractivity contribution >= 4 is 5.91 Å². The minimum Gasteiger partial charge on any atom is -0.352 e. The first-order valence-electron chi connectivity index (χ1n) is 5.87. The number of nitrogens with one attached hydrogen (secondary N) is 1. The van der Waals surface area contributed by atoms with Crippen LogP contribution in [0.2, 0.25) is 0 Å². The van der Waals surface area contributed by atoms with Crippen molar-refractivity contribution < 1.29 is 4.79 Å². The van der Waals surface area contributed by atoms with Crippen molar-refractivity contribution in [2.45, 2.75) is 34.1 Å². The van der Waals surface area contributed by atoms with Gasteiger partial charge in [-0.3, -0.25) is 4.79 Å². The topological polar surface area (TPSA) is 29.1 Å². The van der Waals surface area contributed by atoms with Crippen LogP contribution in [-0.2, 0) is 4.79 Å². The Kier molecular flexibility index (Phi) is 8.22. The molecule has 0 aromatic carbocycles. The highest BCUT2D eigenvalue weighted by atomic mass is 16.1. The van der Waals surface area contributed by atoms with Crippen molar-refractivity contribution in [2.24, 2.45) is 5.92 Å². The third kappa shape index (κ3) is 6.23. The minimum absolute atomic E-state index is 0.0913. The molecule has 0 saturated carbocycles. The van der Waals surface area contributed by atoms with E-state index >= 15 is 0 Å². The Morgan fingerprint density at radius 2 is 2.00 bits per heavy atom. The molecule has 0 aromatic rings. The Balaban J connectivity index is 4.27. The zero-order chi connectivity index (χ0) is 12.4. The number of carbonyl (C=O) groups is 1. The fraction of sp³-hybridized carbons (Fsp3) is 0.500. The number of hydrogen-bond acceptors (Lipinski definition) is 1. The van der Waals surface area contributed by atoms with Gasteiger partial charge in [-0.2, -0.15) is 0 Å². The van der Waals surface area contributed by atoms with E-state index in [2.05, 4.69) is 5.32 Å². The van der Waals surface area contributed by atoms with Crippen LogP contribution < -0.4 is 5.32 Å². The van der Waals surface area contributed by atoms with Gasteiger partial charge < -0.3 is 5.32 Å². The summed E-state index contributed by atoms with van der Waals surface area (Å²) in [6.07, 6.45) is 10.8. The monoisotopic (exact) mass is 221 g/mol. The summed E-state index contributed by atoms with van der Waals surface area (Å²) < 4.78 is 0. The third-order valence-electron chi connectivity index (χ3n) is 2.41. The van der Waals surface area contributed by atoms with Gasteiger partial charge in [-0.05, 0) is 25.8 Å². The summed E-state index contributed by atoms with van der Waals surface area (Å²) in [5.41, 5.74) is 1.11. The van der Waals surface area contributed by atoms with E-state index in [0.29, 0.717) is 6.54 Å². The van der Waals surface area contributed by atoms with Crippen molar-refractivity contribution in [1.82, 2.24) is 5.32 Å². The number of hydrogen-bond donors (Lipinski definition) is 1. The molecule has 0 fully saturated rings. The molecule has 0 aromatic heterocycles. The van der Waals surface area contributed by atoms with Gasteiger partial charge in [-0.25, -0.2) is 0 Å². The molecule has 0 aliphatic heterocycles. The summed E-state index contributed by atoms with van der Waals surface area (Å²) in [5, 5.41) is 2.93. The molecule has 0 spiro atoms. The molecule has 1 unspecified atom stereocenters. The van der Waals surface area contributed by atoms with Gasteiger partial charge in [-0.1, -0.05) is 44.2 Å². The lowest BCUT2D eigenvalue weighted by molar-refractivity contribution is -0.124. The van der Waals surface area contributed by atoms with E-state index in [0.717, 1.165) is 12.0 Å². The Bertz CT molecular complexity index is 287. The van der Waals surface area contributed by atoms with Crippen LogP contribution >= 0.6 is 0 Å². The van der Waals surface area contributed by atoms with Crippen LogP contribution in [0.4, 0.5) is 0 Å². The zero-order valence-corrected chi connectivity index (χ0v) is 10.8. The molecule has 16 heavy (non-hydrogen) atoms. The summed E-state index contributed by atoms with van der Waals surface area (Å²) in [6, 6.07) is 0. The first kappa shape index (κ1) is 14.7. The summed E-state index contributed by atoms with van der Waals surface area (Å²) in [4.78, 5) is 11.6. The number of rotatable bonds is 6. The molecule has 0 radical (unpaired) electrons. The van der Waals surface area contributed by atoms with Crippen LogP contribution in [0.1, 0.15) is 34.1 Å². The molecule has 0 aliphatic rings. The van der Waals surface area contributed by atoms with Crippen molar-refractivity contribution in [1.29, 1.82) is 0 Å². The Morgan fingerprint density at radius 1 is 1.31 bits per heavy atom. The van der Waals surface area contributed by atoms with Crippen molar-refractivity contribution in [3.05, 3.63) is 36.0 Å². The first-order valence-corrected chi connectivity index (χ1v) is 5.87. The molecule has 0 heterocycles. The lowest BCUT2D eigenvalue weighted by atomic mass is 10.1. The summed E-state index contributed by atoms with van der Waals surface area (Å²) >= 11 is 0. The molecule has 1 atom stereocenters. The Labute approximate surface area is 99.1 Å². The van der Waals surface area contributed by atoms with Crippen LogP contribution in [0.5, 0.6) is 0 Å². The number of allylic oxidation sites excluding steroid dienone is 4. The molecule has 0 rings (SSSR count). The van der Waals surface area contributed by atoms with Crippen molar-refractivity contribution in [2.75, 3.05) is 6.54 Å². The van der Waals surface area contributed by atoms with Gasteiger partial charge in [0.2, 0.25) is 5.91 Å². The molecule has 0 saturated heterocycles. The van der Waals surface area contributed by atoms with Crippen LogP contribution in [0, 0.1) is 5.92 Å².